The van der Waals surface area contributed by atoms with Crippen LogP contribution in [0.1, 0.15) is 17.5 Å². The summed E-state index contributed by atoms with van der Waals surface area (Å²) in [6.07, 6.45) is -1.10. The predicted molar refractivity (Wildman–Crippen MR) is 100 cm³/mol. The third kappa shape index (κ3) is 4.50. The number of halogens is 1. The fourth-order valence-corrected chi connectivity index (χ4v) is 3.24. The van der Waals surface area contributed by atoms with Gasteiger partial charge in [-0.2, -0.15) is 0 Å². The number of aryl methyl sites for hydroxylation is 1. The second kappa shape index (κ2) is 7.86. The first kappa shape index (κ1) is 17.7. The van der Waals surface area contributed by atoms with Gasteiger partial charge in [0.25, 0.3) is 0 Å². The maximum Gasteiger partial charge on any atom is 0.220 e. The summed E-state index contributed by atoms with van der Waals surface area (Å²) in [6, 6.07) is 13.5. The molecule has 0 spiro atoms. The zero-order chi connectivity index (χ0) is 17.8. The minimum absolute atomic E-state index is 0.0399. The van der Waals surface area contributed by atoms with Crippen LogP contribution < -0.4 is 16.0 Å². The molecule has 0 fully saturated rings. The highest BCUT2D eigenvalue weighted by Gasteiger charge is 2.25. The van der Waals surface area contributed by atoms with E-state index in [1.54, 1.807) is 6.07 Å². The molecule has 0 aromatic heterocycles. The molecule has 0 saturated carbocycles. The normalized spacial score (nSPS) is 18.7. The molecule has 25 heavy (non-hydrogen) atoms. The van der Waals surface area contributed by atoms with Crippen LogP contribution in [0, 0.1) is 0 Å². The van der Waals surface area contributed by atoms with Gasteiger partial charge in [-0.3, -0.25) is 4.79 Å². The highest BCUT2D eigenvalue weighted by Crippen LogP contribution is 2.34. The maximum absolute atomic E-state index is 12.1. The number of hydrogen-bond donors (Lipinski definition) is 5. The largest absolute Gasteiger partial charge is 0.369 e. The van der Waals surface area contributed by atoms with Crippen molar-refractivity contribution in [3.63, 3.8) is 0 Å². The quantitative estimate of drug-likeness (QED) is 0.525. The summed E-state index contributed by atoms with van der Waals surface area (Å²) >= 11 is 3.42. The van der Waals surface area contributed by atoms with Gasteiger partial charge in [0.05, 0.1) is 11.4 Å². The third-order valence-electron chi connectivity index (χ3n) is 4.04. The maximum atomic E-state index is 12.1. The summed E-state index contributed by atoms with van der Waals surface area (Å²) in [7, 11) is 0. The van der Waals surface area contributed by atoms with Crippen LogP contribution in [0.25, 0.3) is 0 Å². The molecule has 1 amide bonds. The summed E-state index contributed by atoms with van der Waals surface area (Å²) in [5, 5.41) is 28.1. The number of amides is 1. The Morgan fingerprint density at radius 2 is 1.84 bits per heavy atom. The zero-order valence-electron chi connectivity index (χ0n) is 13.5. The van der Waals surface area contributed by atoms with Crippen molar-refractivity contribution in [3.8, 4) is 0 Å². The molecule has 2 aromatic rings. The monoisotopic (exact) mass is 405 g/mol. The number of aliphatic hydroxyl groups is 2. The van der Waals surface area contributed by atoms with Crippen molar-refractivity contribution in [2.45, 2.75) is 31.8 Å². The lowest BCUT2D eigenvalue weighted by atomic mass is 10.1. The molecule has 2 atom stereocenters. The number of benzene rings is 2. The van der Waals surface area contributed by atoms with E-state index in [4.69, 9.17) is 0 Å². The van der Waals surface area contributed by atoms with E-state index >= 15 is 0 Å². The Kier molecular flexibility index (Phi) is 5.57. The van der Waals surface area contributed by atoms with Crippen molar-refractivity contribution < 1.29 is 15.0 Å². The van der Waals surface area contributed by atoms with Gasteiger partial charge in [-0.25, -0.2) is 0 Å². The summed E-state index contributed by atoms with van der Waals surface area (Å²) in [6.45, 7) is 0.326. The standard InChI is InChI=1S/C18H20BrN3O3/c19-13-8-12(16-14(9-13)21-17(24)18(25)22-16)10-20-15(23)7-6-11-4-2-1-3-5-11/h1-5,8-9,17-18,21-22,24-25H,6-7,10H2,(H,20,23). The highest BCUT2D eigenvalue weighted by molar-refractivity contribution is 9.10. The van der Waals surface area contributed by atoms with Crippen LogP contribution in [-0.4, -0.2) is 28.6 Å². The van der Waals surface area contributed by atoms with Crippen molar-refractivity contribution in [1.82, 2.24) is 5.32 Å². The lowest BCUT2D eigenvalue weighted by Gasteiger charge is -2.31. The number of fused-ring (bicyclic) bond motifs is 1. The van der Waals surface area contributed by atoms with E-state index in [0.29, 0.717) is 30.8 Å². The topological polar surface area (TPSA) is 93.6 Å². The van der Waals surface area contributed by atoms with Crippen LogP contribution in [0.5, 0.6) is 0 Å². The highest BCUT2D eigenvalue weighted by atomic mass is 79.9. The number of hydrogen-bond acceptors (Lipinski definition) is 5. The van der Waals surface area contributed by atoms with E-state index in [1.165, 1.54) is 0 Å². The van der Waals surface area contributed by atoms with Crippen LogP contribution in [0.2, 0.25) is 0 Å². The molecule has 1 aliphatic heterocycles. The molecule has 0 saturated heterocycles. The number of aliphatic hydroxyl groups excluding tert-OH is 2. The first-order valence-corrected chi connectivity index (χ1v) is 8.84. The van der Waals surface area contributed by atoms with E-state index in [1.807, 2.05) is 36.4 Å². The third-order valence-corrected chi connectivity index (χ3v) is 4.50. The van der Waals surface area contributed by atoms with Gasteiger partial charge in [0, 0.05) is 17.4 Å². The molecule has 2 aromatic carbocycles. The van der Waals surface area contributed by atoms with Gasteiger partial charge < -0.3 is 26.2 Å². The zero-order valence-corrected chi connectivity index (χ0v) is 15.1. The Balaban J connectivity index is 1.62. The molecule has 7 heteroatoms. The van der Waals surface area contributed by atoms with Crippen LogP contribution in [-0.2, 0) is 17.8 Å². The molecular weight excluding hydrogens is 386 g/mol. The molecule has 0 bridgehead atoms. The Hall–Kier alpha value is -2.09. The van der Waals surface area contributed by atoms with E-state index in [9.17, 15) is 15.0 Å². The molecule has 1 aliphatic rings. The van der Waals surface area contributed by atoms with Gasteiger partial charge in [-0.1, -0.05) is 46.3 Å². The van der Waals surface area contributed by atoms with Crippen molar-refractivity contribution in [2.75, 3.05) is 10.6 Å². The van der Waals surface area contributed by atoms with Gasteiger partial charge >= 0.3 is 0 Å². The van der Waals surface area contributed by atoms with Crippen molar-refractivity contribution in [3.05, 3.63) is 58.1 Å². The summed E-state index contributed by atoms with van der Waals surface area (Å²) in [5.74, 6) is -0.0399. The number of carbonyl (C=O) groups is 1. The molecule has 6 nitrogen and oxygen atoms in total. The summed E-state index contributed by atoms with van der Waals surface area (Å²) < 4.78 is 0.817. The molecule has 2 unspecified atom stereocenters. The number of carbonyl (C=O) groups excluding carboxylic acids is 1. The first-order valence-electron chi connectivity index (χ1n) is 8.05. The summed E-state index contributed by atoms with van der Waals surface area (Å²) in [5.41, 5.74) is 3.28. The van der Waals surface area contributed by atoms with E-state index < -0.39 is 12.5 Å². The van der Waals surface area contributed by atoms with Crippen molar-refractivity contribution >= 4 is 33.2 Å². The van der Waals surface area contributed by atoms with Crippen LogP contribution in [0.4, 0.5) is 11.4 Å². The molecule has 0 aliphatic carbocycles. The molecule has 0 radical (unpaired) electrons. The lowest BCUT2D eigenvalue weighted by Crippen LogP contribution is -2.43. The van der Waals surface area contributed by atoms with E-state index in [-0.39, 0.29) is 5.91 Å². The van der Waals surface area contributed by atoms with Crippen molar-refractivity contribution in [1.29, 1.82) is 0 Å². The molecule has 1 heterocycles. The number of rotatable bonds is 5. The predicted octanol–water partition coefficient (Wildman–Crippen LogP) is 2.17. The van der Waals surface area contributed by atoms with Gasteiger partial charge in [-0.15, -0.1) is 0 Å². The van der Waals surface area contributed by atoms with Gasteiger partial charge in [0.1, 0.15) is 0 Å². The Labute approximate surface area is 154 Å². The lowest BCUT2D eigenvalue weighted by molar-refractivity contribution is -0.121. The average Bonchev–Trinajstić information content (AvgIpc) is 2.60. The van der Waals surface area contributed by atoms with Crippen LogP contribution in [0.3, 0.4) is 0 Å². The molecular formula is C18H20BrN3O3. The minimum atomic E-state index is -1.11. The minimum Gasteiger partial charge on any atom is -0.369 e. The van der Waals surface area contributed by atoms with Crippen LogP contribution in [0.15, 0.2) is 46.9 Å². The number of anilines is 2. The summed E-state index contributed by atoms with van der Waals surface area (Å²) in [4.78, 5) is 12.1. The number of nitrogens with one attached hydrogen (secondary N) is 3. The molecule has 132 valence electrons. The molecule has 5 N–H and O–H groups in total. The van der Waals surface area contributed by atoms with E-state index in [0.717, 1.165) is 15.6 Å². The molecule has 3 rings (SSSR count). The second-order valence-electron chi connectivity index (χ2n) is 5.93. The van der Waals surface area contributed by atoms with Gasteiger partial charge in [0.15, 0.2) is 12.5 Å². The Morgan fingerprint density at radius 1 is 1.12 bits per heavy atom. The Bertz CT molecular complexity index is 755. The first-order chi connectivity index (χ1) is 12.0. The smallest absolute Gasteiger partial charge is 0.220 e. The second-order valence-corrected chi connectivity index (χ2v) is 6.84. The SMILES string of the molecule is O=C(CCc1ccccc1)NCc1cc(Br)cc2c1NC(O)C(O)N2. The van der Waals surface area contributed by atoms with Crippen LogP contribution >= 0.6 is 15.9 Å². The Morgan fingerprint density at radius 3 is 2.60 bits per heavy atom. The van der Waals surface area contributed by atoms with Crippen molar-refractivity contribution in [2.24, 2.45) is 0 Å². The average molecular weight is 406 g/mol. The van der Waals surface area contributed by atoms with Gasteiger partial charge in [-0.05, 0) is 29.7 Å². The fraction of sp³-hybridized carbons (Fsp3) is 0.278. The van der Waals surface area contributed by atoms with Gasteiger partial charge in [0.2, 0.25) is 5.91 Å². The van der Waals surface area contributed by atoms with E-state index in [2.05, 4.69) is 31.9 Å². The fourth-order valence-electron chi connectivity index (χ4n) is 2.74.